The number of rotatable bonds is 10. The fraction of sp³-hybridized carbons (Fsp3) is 0.440. The summed E-state index contributed by atoms with van der Waals surface area (Å²) in [6.45, 7) is 2.14. The molecule has 1 aliphatic rings. The van der Waals surface area contributed by atoms with Gasteiger partial charge in [-0.3, -0.25) is 9.59 Å². The zero-order chi connectivity index (χ0) is 23.8. The van der Waals surface area contributed by atoms with Crippen LogP contribution in [-0.4, -0.2) is 34.6 Å². The molecule has 1 fully saturated rings. The van der Waals surface area contributed by atoms with Crippen molar-refractivity contribution in [1.29, 1.82) is 0 Å². The molecule has 0 spiro atoms. The number of benzene rings is 2. The number of amides is 2. The standard InChI is InChI=1S/C25H29Cl2FN2O2S/c1-2-23(25(32)29-19-6-3-4-7-19)30(14-17-10-12-18(28)13-11-17)24(31)16-33-15-20-21(26)8-5-9-22(20)27/h5,8-13,19,23H,2-4,6-7,14-16H2,1H3,(H,29,32)/t23-/m0/s1. The second-order valence-electron chi connectivity index (χ2n) is 8.26. The zero-order valence-corrected chi connectivity index (χ0v) is 21.0. The summed E-state index contributed by atoms with van der Waals surface area (Å²) in [5, 5.41) is 4.25. The number of nitrogens with one attached hydrogen (secondary N) is 1. The minimum atomic E-state index is -0.590. The first-order valence-corrected chi connectivity index (χ1v) is 13.1. The molecule has 2 amide bonds. The highest BCUT2D eigenvalue weighted by Gasteiger charge is 2.30. The van der Waals surface area contributed by atoms with E-state index in [4.69, 9.17) is 23.2 Å². The number of carbonyl (C=O) groups excluding carboxylic acids is 2. The van der Waals surface area contributed by atoms with Crippen molar-refractivity contribution in [2.75, 3.05) is 5.75 Å². The van der Waals surface area contributed by atoms with E-state index >= 15 is 0 Å². The maximum absolute atomic E-state index is 13.4. The number of halogens is 3. The molecule has 2 aromatic carbocycles. The van der Waals surface area contributed by atoms with Crippen LogP contribution in [0.4, 0.5) is 4.39 Å². The quantitative estimate of drug-likeness (QED) is 0.411. The molecule has 0 aliphatic heterocycles. The zero-order valence-electron chi connectivity index (χ0n) is 18.7. The van der Waals surface area contributed by atoms with E-state index in [1.807, 2.05) is 6.92 Å². The molecule has 1 atom stereocenters. The Morgan fingerprint density at radius 2 is 1.76 bits per heavy atom. The average Bonchev–Trinajstić information content (AvgIpc) is 3.30. The molecule has 4 nitrogen and oxygen atoms in total. The topological polar surface area (TPSA) is 49.4 Å². The molecule has 2 aromatic rings. The van der Waals surface area contributed by atoms with Gasteiger partial charge in [0.05, 0.1) is 5.75 Å². The Kier molecular flexibility index (Phi) is 9.90. The predicted octanol–water partition coefficient (Wildman–Crippen LogP) is 6.23. The van der Waals surface area contributed by atoms with E-state index in [1.165, 1.54) is 23.9 Å². The number of nitrogens with zero attached hydrogens (tertiary/aromatic N) is 1. The molecule has 0 radical (unpaired) electrons. The first-order valence-electron chi connectivity index (χ1n) is 11.2. The Balaban J connectivity index is 1.72. The van der Waals surface area contributed by atoms with Crippen molar-refractivity contribution >= 4 is 46.8 Å². The number of hydrogen-bond donors (Lipinski definition) is 1. The summed E-state index contributed by atoms with van der Waals surface area (Å²) in [7, 11) is 0. The summed E-state index contributed by atoms with van der Waals surface area (Å²) in [5.41, 5.74) is 1.56. The van der Waals surface area contributed by atoms with E-state index in [2.05, 4.69) is 5.32 Å². The van der Waals surface area contributed by atoms with Gasteiger partial charge in [-0.15, -0.1) is 11.8 Å². The van der Waals surface area contributed by atoms with E-state index in [0.717, 1.165) is 36.8 Å². The summed E-state index contributed by atoms with van der Waals surface area (Å²) in [5.74, 6) is 0.0464. The Hall–Kier alpha value is -1.76. The van der Waals surface area contributed by atoms with Gasteiger partial charge in [-0.2, -0.15) is 0 Å². The maximum atomic E-state index is 13.4. The largest absolute Gasteiger partial charge is 0.352 e. The fourth-order valence-electron chi connectivity index (χ4n) is 4.07. The Bertz CT molecular complexity index is 932. The lowest BCUT2D eigenvalue weighted by molar-refractivity contribution is -0.139. The van der Waals surface area contributed by atoms with Crippen LogP contribution in [0.15, 0.2) is 42.5 Å². The Morgan fingerprint density at radius 1 is 1.12 bits per heavy atom. The lowest BCUT2D eigenvalue weighted by Gasteiger charge is -2.31. The van der Waals surface area contributed by atoms with E-state index in [0.29, 0.717) is 22.2 Å². The van der Waals surface area contributed by atoms with E-state index in [9.17, 15) is 14.0 Å². The molecule has 178 valence electrons. The third kappa shape index (κ3) is 7.36. The minimum Gasteiger partial charge on any atom is -0.352 e. The van der Waals surface area contributed by atoms with Crippen molar-refractivity contribution < 1.29 is 14.0 Å². The van der Waals surface area contributed by atoms with Gasteiger partial charge in [-0.1, -0.05) is 61.2 Å². The second kappa shape index (κ2) is 12.6. The molecule has 1 N–H and O–H groups in total. The lowest BCUT2D eigenvalue weighted by atomic mass is 10.1. The van der Waals surface area contributed by atoms with Crippen LogP contribution < -0.4 is 5.32 Å². The van der Waals surface area contributed by atoms with Gasteiger partial charge in [0.1, 0.15) is 11.9 Å². The van der Waals surface area contributed by atoms with Crippen molar-refractivity contribution in [3.8, 4) is 0 Å². The fourth-order valence-corrected chi connectivity index (χ4v) is 5.71. The summed E-state index contributed by atoms with van der Waals surface area (Å²) < 4.78 is 13.4. The molecule has 0 bridgehead atoms. The highest BCUT2D eigenvalue weighted by atomic mass is 35.5. The van der Waals surface area contributed by atoms with Crippen LogP contribution in [-0.2, 0) is 21.9 Å². The highest BCUT2D eigenvalue weighted by molar-refractivity contribution is 7.99. The first-order chi connectivity index (χ1) is 15.9. The van der Waals surface area contributed by atoms with Crippen molar-refractivity contribution in [2.45, 2.75) is 63.4 Å². The second-order valence-corrected chi connectivity index (χ2v) is 10.1. The van der Waals surface area contributed by atoms with Crippen LogP contribution in [0.2, 0.25) is 10.0 Å². The Morgan fingerprint density at radius 3 is 2.36 bits per heavy atom. The minimum absolute atomic E-state index is 0.126. The maximum Gasteiger partial charge on any atom is 0.243 e. The lowest BCUT2D eigenvalue weighted by Crippen LogP contribution is -2.51. The summed E-state index contributed by atoms with van der Waals surface area (Å²) in [6.07, 6.45) is 4.67. The monoisotopic (exact) mass is 510 g/mol. The molecule has 0 unspecified atom stereocenters. The van der Waals surface area contributed by atoms with Gasteiger partial charge in [0, 0.05) is 28.4 Å². The van der Waals surface area contributed by atoms with Gasteiger partial charge in [0.15, 0.2) is 0 Å². The SMILES string of the molecule is CC[C@@H](C(=O)NC1CCCC1)N(Cc1ccc(F)cc1)C(=O)CSCc1c(Cl)cccc1Cl. The number of carbonyl (C=O) groups is 2. The van der Waals surface area contributed by atoms with Gasteiger partial charge in [0.2, 0.25) is 11.8 Å². The van der Waals surface area contributed by atoms with Crippen molar-refractivity contribution in [1.82, 2.24) is 10.2 Å². The highest BCUT2D eigenvalue weighted by Crippen LogP contribution is 2.28. The van der Waals surface area contributed by atoms with Gasteiger partial charge in [-0.05, 0) is 54.7 Å². The van der Waals surface area contributed by atoms with Crippen molar-refractivity contribution in [2.24, 2.45) is 0 Å². The van der Waals surface area contributed by atoms with Crippen LogP contribution in [0.25, 0.3) is 0 Å². The summed E-state index contributed by atoms with van der Waals surface area (Å²) >= 11 is 13.9. The number of hydrogen-bond acceptors (Lipinski definition) is 3. The summed E-state index contributed by atoms with van der Waals surface area (Å²) in [4.78, 5) is 28.0. The van der Waals surface area contributed by atoms with Crippen LogP contribution in [0.1, 0.15) is 50.2 Å². The molecule has 0 aromatic heterocycles. The third-order valence-corrected chi connectivity index (χ3v) is 7.54. The van der Waals surface area contributed by atoms with E-state index in [-0.39, 0.29) is 36.0 Å². The Labute approximate surface area is 209 Å². The molecular weight excluding hydrogens is 482 g/mol. The molecule has 3 rings (SSSR count). The van der Waals surface area contributed by atoms with Gasteiger partial charge in [-0.25, -0.2) is 4.39 Å². The van der Waals surface area contributed by atoms with Gasteiger partial charge in [0.25, 0.3) is 0 Å². The van der Waals surface area contributed by atoms with Gasteiger partial charge < -0.3 is 10.2 Å². The van der Waals surface area contributed by atoms with E-state index in [1.54, 1.807) is 35.2 Å². The summed E-state index contributed by atoms with van der Waals surface area (Å²) in [6, 6.07) is 10.9. The van der Waals surface area contributed by atoms with Crippen molar-refractivity contribution in [3.05, 3.63) is 69.5 Å². The molecule has 8 heteroatoms. The van der Waals surface area contributed by atoms with Gasteiger partial charge >= 0.3 is 0 Å². The van der Waals surface area contributed by atoms with Crippen LogP contribution in [0.5, 0.6) is 0 Å². The third-order valence-electron chi connectivity index (χ3n) is 5.89. The number of thioether (sulfide) groups is 1. The van der Waals surface area contributed by atoms with E-state index < -0.39 is 6.04 Å². The molecular formula is C25H29Cl2FN2O2S. The first kappa shape index (κ1) is 25.9. The van der Waals surface area contributed by atoms with Crippen LogP contribution in [0, 0.1) is 5.82 Å². The molecule has 1 saturated carbocycles. The molecule has 33 heavy (non-hydrogen) atoms. The predicted molar refractivity (Wildman–Crippen MR) is 134 cm³/mol. The van der Waals surface area contributed by atoms with Crippen molar-refractivity contribution in [3.63, 3.8) is 0 Å². The molecule has 0 heterocycles. The normalized spacial score (nSPS) is 14.8. The smallest absolute Gasteiger partial charge is 0.243 e. The molecule has 0 saturated heterocycles. The van der Waals surface area contributed by atoms with Crippen LogP contribution in [0.3, 0.4) is 0 Å². The van der Waals surface area contributed by atoms with Crippen LogP contribution >= 0.6 is 35.0 Å². The average molecular weight is 511 g/mol. The molecule has 1 aliphatic carbocycles.